The average molecular weight is 375 g/mol. The first-order valence-electron chi connectivity index (χ1n) is 9.33. The molecule has 0 saturated heterocycles. The number of benzene rings is 2. The number of hydrogen-bond donors (Lipinski definition) is 2. The van der Waals surface area contributed by atoms with E-state index < -0.39 is 0 Å². The van der Waals surface area contributed by atoms with Crippen LogP contribution in [0.2, 0.25) is 0 Å². The van der Waals surface area contributed by atoms with Crippen molar-refractivity contribution in [3.63, 3.8) is 0 Å². The number of hydrogen-bond acceptors (Lipinski definition) is 3. The van der Waals surface area contributed by atoms with Gasteiger partial charge >= 0.3 is 6.03 Å². The van der Waals surface area contributed by atoms with Crippen molar-refractivity contribution in [2.75, 3.05) is 0 Å². The Kier molecular flexibility index (Phi) is 7.15. The molecule has 5 heteroatoms. The van der Waals surface area contributed by atoms with E-state index in [9.17, 15) is 4.79 Å². The van der Waals surface area contributed by atoms with E-state index in [1.54, 1.807) is 0 Å². The molecule has 0 saturated carbocycles. The molecule has 3 rings (SSSR count). The van der Waals surface area contributed by atoms with Gasteiger partial charge in [0, 0.05) is 12.2 Å². The van der Waals surface area contributed by atoms with Gasteiger partial charge in [-0.1, -0.05) is 60.7 Å². The molecule has 0 aliphatic heterocycles. The summed E-state index contributed by atoms with van der Waals surface area (Å²) in [5, 5.41) is 5.70. The van der Waals surface area contributed by atoms with Crippen LogP contribution in [0.15, 0.2) is 72.8 Å². The second kappa shape index (κ2) is 10.2. The second-order valence-corrected chi connectivity index (χ2v) is 6.60. The van der Waals surface area contributed by atoms with Gasteiger partial charge in [0.2, 0.25) is 0 Å². The first kappa shape index (κ1) is 19.6. The lowest BCUT2D eigenvalue weighted by molar-refractivity contribution is 0.107. The minimum atomic E-state index is -0.214. The maximum atomic E-state index is 12.0. The summed E-state index contributed by atoms with van der Waals surface area (Å²) in [6.45, 7) is 3.91. The quantitative estimate of drug-likeness (QED) is 0.623. The van der Waals surface area contributed by atoms with Crippen LogP contribution in [0.3, 0.4) is 0 Å². The number of carbonyl (C=O) groups is 1. The SMILES string of the molecule is Cc1cccc(CNC(=O)NCc2cccc(COCc3ccccc3)c2)n1. The Labute approximate surface area is 165 Å². The van der Waals surface area contributed by atoms with Crippen molar-refractivity contribution < 1.29 is 9.53 Å². The molecular weight excluding hydrogens is 350 g/mol. The summed E-state index contributed by atoms with van der Waals surface area (Å²) < 4.78 is 5.78. The van der Waals surface area contributed by atoms with Crippen LogP contribution in [-0.4, -0.2) is 11.0 Å². The van der Waals surface area contributed by atoms with Gasteiger partial charge < -0.3 is 15.4 Å². The molecule has 0 fully saturated rings. The first-order chi connectivity index (χ1) is 13.7. The predicted molar refractivity (Wildman–Crippen MR) is 109 cm³/mol. The number of urea groups is 1. The molecule has 0 bridgehead atoms. The fourth-order valence-electron chi connectivity index (χ4n) is 2.80. The minimum Gasteiger partial charge on any atom is -0.372 e. The smallest absolute Gasteiger partial charge is 0.315 e. The summed E-state index contributed by atoms with van der Waals surface area (Å²) in [7, 11) is 0. The van der Waals surface area contributed by atoms with Crippen LogP contribution >= 0.6 is 0 Å². The van der Waals surface area contributed by atoms with Gasteiger partial charge in [0.05, 0.1) is 25.5 Å². The second-order valence-electron chi connectivity index (χ2n) is 6.60. The first-order valence-corrected chi connectivity index (χ1v) is 9.33. The predicted octanol–water partition coefficient (Wildman–Crippen LogP) is 4.11. The highest BCUT2D eigenvalue weighted by Crippen LogP contribution is 2.09. The normalized spacial score (nSPS) is 10.5. The monoisotopic (exact) mass is 375 g/mol. The van der Waals surface area contributed by atoms with Crippen LogP contribution < -0.4 is 10.6 Å². The van der Waals surface area contributed by atoms with Crippen LogP contribution in [0.1, 0.15) is 28.1 Å². The molecule has 0 atom stereocenters. The van der Waals surface area contributed by atoms with Gasteiger partial charge in [0.15, 0.2) is 0 Å². The Morgan fingerprint density at radius 2 is 1.50 bits per heavy atom. The van der Waals surface area contributed by atoms with E-state index in [-0.39, 0.29) is 6.03 Å². The minimum absolute atomic E-state index is 0.214. The number of aromatic nitrogens is 1. The van der Waals surface area contributed by atoms with Crippen LogP contribution in [0, 0.1) is 6.92 Å². The molecule has 1 aromatic heterocycles. The van der Waals surface area contributed by atoms with E-state index in [1.807, 2.05) is 79.7 Å². The van der Waals surface area contributed by atoms with E-state index in [1.165, 1.54) is 0 Å². The zero-order valence-corrected chi connectivity index (χ0v) is 16.0. The molecule has 28 heavy (non-hydrogen) atoms. The Balaban J connectivity index is 1.41. The molecule has 144 valence electrons. The van der Waals surface area contributed by atoms with Gasteiger partial charge in [-0.05, 0) is 35.7 Å². The van der Waals surface area contributed by atoms with E-state index in [0.717, 1.165) is 28.1 Å². The number of ether oxygens (including phenoxy) is 1. The average Bonchev–Trinajstić information content (AvgIpc) is 2.72. The zero-order valence-electron chi connectivity index (χ0n) is 16.0. The molecule has 2 aromatic carbocycles. The number of carbonyl (C=O) groups excluding carboxylic acids is 1. The van der Waals surface area contributed by atoms with Crippen molar-refractivity contribution in [2.45, 2.75) is 33.2 Å². The van der Waals surface area contributed by atoms with Gasteiger partial charge in [0.1, 0.15) is 0 Å². The number of nitrogens with zero attached hydrogens (tertiary/aromatic N) is 1. The van der Waals surface area contributed by atoms with Crippen LogP contribution in [0.25, 0.3) is 0 Å². The number of aryl methyl sites for hydroxylation is 1. The highest BCUT2D eigenvalue weighted by atomic mass is 16.5. The molecule has 5 nitrogen and oxygen atoms in total. The molecule has 2 amide bonds. The van der Waals surface area contributed by atoms with E-state index in [4.69, 9.17) is 4.74 Å². The molecule has 0 unspecified atom stereocenters. The lowest BCUT2D eigenvalue weighted by atomic mass is 10.1. The van der Waals surface area contributed by atoms with Crippen molar-refractivity contribution in [1.29, 1.82) is 0 Å². The van der Waals surface area contributed by atoms with Crippen molar-refractivity contribution in [1.82, 2.24) is 15.6 Å². The maximum Gasteiger partial charge on any atom is 0.315 e. The molecule has 1 heterocycles. The standard InChI is InChI=1S/C23H25N3O2/c1-18-7-5-12-22(26-18)15-25-23(27)24-14-20-10-6-11-21(13-20)17-28-16-19-8-3-2-4-9-19/h2-13H,14-17H2,1H3,(H2,24,25,27). The fourth-order valence-corrected chi connectivity index (χ4v) is 2.80. The van der Waals surface area contributed by atoms with Crippen molar-refractivity contribution in [2.24, 2.45) is 0 Å². The largest absolute Gasteiger partial charge is 0.372 e. The van der Waals surface area contributed by atoms with Crippen molar-refractivity contribution >= 4 is 6.03 Å². The lowest BCUT2D eigenvalue weighted by Crippen LogP contribution is -2.34. The van der Waals surface area contributed by atoms with Crippen LogP contribution in [-0.2, 0) is 31.0 Å². The van der Waals surface area contributed by atoms with Crippen molar-refractivity contribution in [3.8, 4) is 0 Å². The summed E-state index contributed by atoms with van der Waals surface area (Å²) in [6, 6.07) is 23.7. The Hall–Kier alpha value is -3.18. The summed E-state index contributed by atoms with van der Waals surface area (Å²) in [4.78, 5) is 16.4. The lowest BCUT2D eigenvalue weighted by Gasteiger charge is -2.09. The molecule has 0 radical (unpaired) electrons. The van der Waals surface area contributed by atoms with Gasteiger partial charge in [-0.15, -0.1) is 0 Å². The number of nitrogens with one attached hydrogen (secondary N) is 2. The topological polar surface area (TPSA) is 63.2 Å². The Morgan fingerprint density at radius 3 is 2.32 bits per heavy atom. The molecule has 2 N–H and O–H groups in total. The van der Waals surface area contributed by atoms with Gasteiger partial charge in [-0.2, -0.15) is 0 Å². The summed E-state index contributed by atoms with van der Waals surface area (Å²) >= 11 is 0. The zero-order chi connectivity index (χ0) is 19.6. The summed E-state index contributed by atoms with van der Waals surface area (Å²) in [5.41, 5.74) is 5.04. The molecule has 0 aliphatic carbocycles. The van der Waals surface area contributed by atoms with Crippen LogP contribution in [0.5, 0.6) is 0 Å². The molecule has 0 spiro atoms. The molecule has 3 aromatic rings. The summed E-state index contributed by atoms with van der Waals surface area (Å²) in [5.74, 6) is 0. The third kappa shape index (κ3) is 6.52. The third-order valence-corrected chi connectivity index (χ3v) is 4.20. The van der Waals surface area contributed by atoms with Crippen LogP contribution in [0.4, 0.5) is 4.79 Å². The highest BCUT2D eigenvalue weighted by Gasteiger charge is 2.03. The number of pyridine rings is 1. The Morgan fingerprint density at radius 1 is 0.821 bits per heavy atom. The van der Waals surface area contributed by atoms with Crippen molar-refractivity contribution in [3.05, 3.63) is 101 Å². The van der Waals surface area contributed by atoms with E-state index >= 15 is 0 Å². The Bertz CT molecular complexity index is 897. The fraction of sp³-hybridized carbons (Fsp3) is 0.217. The van der Waals surface area contributed by atoms with Gasteiger partial charge in [0.25, 0.3) is 0 Å². The molecular formula is C23H25N3O2. The van der Waals surface area contributed by atoms with E-state index in [2.05, 4.69) is 15.6 Å². The van der Waals surface area contributed by atoms with E-state index in [0.29, 0.717) is 26.3 Å². The van der Waals surface area contributed by atoms with Gasteiger partial charge in [-0.3, -0.25) is 4.98 Å². The third-order valence-electron chi connectivity index (χ3n) is 4.20. The highest BCUT2D eigenvalue weighted by molar-refractivity contribution is 5.73. The number of rotatable bonds is 8. The number of amides is 2. The molecule has 0 aliphatic rings. The maximum absolute atomic E-state index is 12.0. The summed E-state index contributed by atoms with van der Waals surface area (Å²) in [6.07, 6.45) is 0. The van der Waals surface area contributed by atoms with Gasteiger partial charge in [-0.25, -0.2) is 4.79 Å².